The van der Waals surface area contributed by atoms with E-state index < -0.39 is 0 Å². The van der Waals surface area contributed by atoms with Crippen LogP contribution >= 0.6 is 50.2 Å². The lowest BCUT2D eigenvalue weighted by molar-refractivity contribution is 1.14. The van der Waals surface area contributed by atoms with Crippen molar-refractivity contribution in [1.82, 2.24) is 9.97 Å². The number of nitrogens with zero attached hydrogens (tertiary/aromatic N) is 1. The van der Waals surface area contributed by atoms with Crippen molar-refractivity contribution in [1.29, 1.82) is 0 Å². The molecular weight excluding hydrogens is 440 g/mol. The number of H-pyrrole nitrogens is 1. The van der Waals surface area contributed by atoms with Crippen LogP contribution in [0, 0.1) is 0 Å². The predicted octanol–water partition coefficient (Wildman–Crippen LogP) is 6.21. The molecule has 0 bridgehead atoms. The van der Waals surface area contributed by atoms with Gasteiger partial charge in [0.1, 0.15) is 4.83 Å². The zero-order valence-corrected chi connectivity index (χ0v) is 16.6. The molecule has 0 aliphatic rings. The van der Waals surface area contributed by atoms with Gasteiger partial charge in [-0.05, 0) is 35.2 Å². The van der Waals surface area contributed by atoms with E-state index in [2.05, 4.69) is 25.9 Å². The number of thiophene rings is 2. The van der Waals surface area contributed by atoms with Crippen molar-refractivity contribution in [2.75, 3.05) is 0 Å². The molecule has 0 spiro atoms. The maximum atomic E-state index is 12.6. The first-order chi connectivity index (χ1) is 12.1. The van der Waals surface area contributed by atoms with E-state index in [4.69, 9.17) is 11.6 Å². The predicted molar refractivity (Wildman–Crippen MR) is 111 cm³/mol. The molecule has 0 atom stereocenters. The van der Waals surface area contributed by atoms with Crippen molar-refractivity contribution >= 4 is 71.5 Å². The molecule has 0 unspecified atom stereocenters. The van der Waals surface area contributed by atoms with Crippen LogP contribution in [-0.2, 0) is 0 Å². The second-order valence-corrected chi connectivity index (χ2v) is 8.40. The third-order valence-electron chi connectivity index (χ3n) is 3.60. The Bertz CT molecular complexity index is 1150. The monoisotopic (exact) mass is 448 g/mol. The Morgan fingerprint density at radius 2 is 2.12 bits per heavy atom. The Balaban J connectivity index is 1.81. The van der Waals surface area contributed by atoms with Gasteiger partial charge in [0, 0.05) is 20.3 Å². The summed E-state index contributed by atoms with van der Waals surface area (Å²) < 4.78 is 0.960. The zero-order valence-electron chi connectivity index (χ0n) is 12.6. The van der Waals surface area contributed by atoms with Crippen molar-refractivity contribution in [3.8, 4) is 10.4 Å². The smallest absolute Gasteiger partial charge is 0.260 e. The lowest BCUT2D eigenvalue weighted by atomic mass is 10.2. The second-order valence-electron chi connectivity index (χ2n) is 5.27. The number of aromatic amines is 1. The minimum absolute atomic E-state index is 0.176. The van der Waals surface area contributed by atoms with Crippen molar-refractivity contribution < 1.29 is 0 Å². The number of aromatic nitrogens is 2. The average Bonchev–Trinajstić information content (AvgIpc) is 3.23. The molecule has 0 fully saturated rings. The molecule has 0 radical (unpaired) electrons. The highest BCUT2D eigenvalue weighted by Gasteiger charge is 2.14. The van der Waals surface area contributed by atoms with Gasteiger partial charge in [-0.3, -0.25) is 4.79 Å². The van der Waals surface area contributed by atoms with Gasteiger partial charge < -0.3 is 4.98 Å². The van der Waals surface area contributed by atoms with Gasteiger partial charge in [0.2, 0.25) is 0 Å². The molecule has 3 heterocycles. The summed E-state index contributed by atoms with van der Waals surface area (Å²) in [5.41, 5.74) is 1.67. The zero-order chi connectivity index (χ0) is 17.4. The molecule has 25 heavy (non-hydrogen) atoms. The fourth-order valence-corrected chi connectivity index (χ4v) is 4.88. The minimum Gasteiger partial charge on any atom is -0.305 e. The van der Waals surface area contributed by atoms with Crippen LogP contribution in [0.5, 0.6) is 0 Å². The third-order valence-corrected chi connectivity index (χ3v) is 6.16. The highest BCUT2D eigenvalue weighted by atomic mass is 79.9. The first kappa shape index (κ1) is 16.7. The van der Waals surface area contributed by atoms with Gasteiger partial charge in [-0.2, -0.15) is 0 Å². The molecule has 3 nitrogen and oxygen atoms in total. The third kappa shape index (κ3) is 3.35. The number of nitrogens with one attached hydrogen (secondary N) is 1. The van der Waals surface area contributed by atoms with Gasteiger partial charge in [0.05, 0.1) is 10.4 Å². The molecule has 0 saturated heterocycles. The van der Waals surface area contributed by atoms with E-state index in [9.17, 15) is 4.79 Å². The lowest BCUT2D eigenvalue weighted by Crippen LogP contribution is -2.10. The Hall–Kier alpha value is -1.73. The van der Waals surface area contributed by atoms with E-state index in [0.29, 0.717) is 21.1 Å². The van der Waals surface area contributed by atoms with Crippen LogP contribution in [0.2, 0.25) is 0 Å². The number of benzene rings is 1. The summed E-state index contributed by atoms with van der Waals surface area (Å²) in [6, 6.07) is 11.7. The standard InChI is InChI=1S/C18H10BrClN2OS2/c19-11-4-1-3-10(7-11)8-13(20)16-21-17(23)15-12(9-25-18(15)22-16)14-5-2-6-24-14/h1-9H,(H,21,22,23)/b13-8-. The van der Waals surface area contributed by atoms with Gasteiger partial charge in [-0.15, -0.1) is 22.7 Å². The summed E-state index contributed by atoms with van der Waals surface area (Å²) in [5.74, 6) is 0.374. The van der Waals surface area contributed by atoms with Crippen molar-refractivity contribution in [3.63, 3.8) is 0 Å². The number of rotatable bonds is 3. The van der Waals surface area contributed by atoms with Gasteiger partial charge in [-0.25, -0.2) is 4.98 Å². The van der Waals surface area contributed by atoms with Crippen LogP contribution in [0.4, 0.5) is 0 Å². The Kier molecular flexibility index (Phi) is 4.60. The molecule has 0 saturated carbocycles. The quantitative estimate of drug-likeness (QED) is 0.404. The van der Waals surface area contributed by atoms with E-state index in [1.165, 1.54) is 11.3 Å². The number of hydrogen-bond donors (Lipinski definition) is 1. The van der Waals surface area contributed by atoms with E-state index in [1.807, 2.05) is 47.2 Å². The van der Waals surface area contributed by atoms with Gasteiger partial charge >= 0.3 is 0 Å². The van der Waals surface area contributed by atoms with E-state index >= 15 is 0 Å². The number of fused-ring (bicyclic) bond motifs is 1. The molecule has 1 N–H and O–H groups in total. The summed E-state index contributed by atoms with van der Waals surface area (Å²) in [5, 5.41) is 4.97. The van der Waals surface area contributed by atoms with Gasteiger partial charge in [-0.1, -0.05) is 45.7 Å². The summed E-state index contributed by atoms with van der Waals surface area (Å²) in [4.78, 5) is 21.7. The van der Waals surface area contributed by atoms with Crippen LogP contribution in [0.3, 0.4) is 0 Å². The maximum absolute atomic E-state index is 12.6. The molecule has 124 valence electrons. The van der Waals surface area contributed by atoms with Crippen LogP contribution in [-0.4, -0.2) is 9.97 Å². The average molecular weight is 450 g/mol. The highest BCUT2D eigenvalue weighted by molar-refractivity contribution is 9.10. The van der Waals surface area contributed by atoms with Crippen molar-refractivity contribution in [2.24, 2.45) is 0 Å². The Labute approximate surface area is 164 Å². The van der Waals surface area contributed by atoms with Crippen molar-refractivity contribution in [3.05, 3.63) is 73.4 Å². The van der Waals surface area contributed by atoms with Crippen LogP contribution in [0.1, 0.15) is 11.4 Å². The molecule has 0 aliphatic heterocycles. The van der Waals surface area contributed by atoms with E-state index in [-0.39, 0.29) is 5.56 Å². The van der Waals surface area contributed by atoms with Gasteiger partial charge in [0.15, 0.2) is 5.82 Å². The topological polar surface area (TPSA) is 45.8 Å². The molecule has 4 aromatic rings. The first-order valence-corrected chi connectivity index (χ1v) is 10.2. The molecule has 3 aromatic heterocycles. The minimum atomic E-state index is -0.176. The molecule has 0 amide bonds. The Morgan fingerprint density at radius 1 is 1.24 bits per heavy atom. The lowest BCUT2D eigenvalue weighted by Gasteiger charge is -2.01. The fourth-order valence-electron chi connectivity index (χ4n) is 2.49. The molecule has 7 heteroatoms. The number of halogens is 2. The molecule has 0 aliphatic carbocycles. The fraction of sp³-hybridized carbons (Fsp3) is 0. The number of hydrogen-bond acceptors (Lipinski definition) is 4. The Morgan fingerprint density at radius 3 is 2.88 bits per heavy atom. The molecular formula is C18H10BrClN2OS2. The highest BCUT2D eigenvalue weighted by Crippen LogP contribution is 2.34. The molecule has 1 aromatic carbocycles. The normalized spacial score (nSPS) is 12.0. The summed E-state index contributed by atoms with van der Waals surface area (Å²) in [6.07, 6.45) is 1.78. The van der Waals surface area contributed by atoms with Crippen molar-refractivity contribution in [2.45, 2.75) is 0 Å². The van der Waals surface area contributed by atoms with Gasteiger partial charge in [0.25, 0.3) is 5.56 Å². The van der Waals surface area contributed by atoms with E-state index in [0.717, 1.165) is 20.5 Å². The largest absolute Gasteiger partial charge is 0.305 e. The SMILES string of the molecule is O=c1[nH]c(/C(Cl)=C/c2cccc(Br)c2)nc2scc(-c3cccs3)c12. The van der Waals surface area contributed by atoms with Crippen LogP contribution in [0.15, 0.2) is 56.4 Å². The second kappa shape index (κ2) is 6.88. The summed E-state index contributed by atoms with van der Waals surface area (Å²) >= 11 is 12.9. The van der Waals surface area contributed by atoms with Crippen LogP contribution < -0.4 is 5.56 Å². The molecule has 4 rings (SSSR count). The summed E-state index contributed by atoms with van der Waals surface area (Å²) in [7, 11) is 0. The first-order valence-electron chi connectivity index (χ1n) is 7.30. The summed E-state index contributed by atoms with van der Waals surface area (Å²) in [6.45, 7) is 0. The maximum Gasteiger partial charge on any atom is 0.260 e. The van der Waals surface area contributed by atoms with E-state index in [1.54, 1.807) is 17.4 Å². The van der Waals surface area contributed by atoms with Crippen LogP contribution in [0.25, 0.3) is 31.8 Å².